The minimum atomic E-state index is -0.896. The highest BCUT2D eigenvalue weighted by Crippen LogP contribution is 2.18. The van der Waals surface area contributed by atoms with Gasteiger partial charge in [0.15, 0.2) is 0 Å². The summed E-state index contributed by atoms with van der Waals surface area (Å²) in [5, 5.41) is 0. The Morgan fingerprint density at radius 1 is 0.962 bits per heavy atom. The molecule has 0 spiro atoms. The summed E-state index contributed by atoms with van der Waals surface area (Å²) in [5.74, 6) is 0. The Morgan fingerprint density at radius 2 is 1.65 bits per heavy atom. The van der Waals surface area contributed by atoms with E-state index in [1.807, 2.05) is 12.1 Å². The summed E-state index contributed by atoms with van der Waals surface area (Å²) in [7, 11) is 3.91. The molecule has 148 valence electrons. The average molecular weight is 378 g/mol. The molecule has 4 nitrogen and oxygen atoms in total. The summed E-state index contributed by atoms with van der Waals surface area (Å²) in [4.78, 5) is 5.17. The van der Waals surface area contributed by atoms with Crippen molar-refractivity contribution in [1.82, 2.24) is 4.90 Å². The van der Waals surface area contributed by atoms with E-state index in [4.69, 9.17) is 5.73 Å². The van der Waals surface area contributed by atoms with Gasteiger partial charge in [0.05, 0.1) is 27.2 Å². The molecule has 0 aromatic heterocycles. The second-order valence-corrected chi connectivity index (χ2v) is 15.4. The van der Waals surface area contributed by atoms with E-state index in [1.54, 1.807) is 0 Å². The highest BCUT2D eigenvalue weighted by atomic mass is 28.3. The van der Waals surface area contributed by atoms with Crippen LogP contribution in [0.3, 0.4) is 0 Å². The number of rotatable bonds is 8. The Bertz CT molecular complexity index is 536. The molecule has 1 saturated heterocycles. The molecule has 5 heteroatoms. The molecule has 0 bridgehead atoms. The van der Waals surface area contributed by atoms with Crippen LogP contribution >= 0.6 is 0 Å². The smallest absolute Gasteiger partial charge is 0.0911 e. The van der Waals surface area contributed by atoms with Gasteiger partial charge in [-0.2, -0.15) is 0 Å². The van der Waals surface area contributed by atoms with Gasteiger partial charge in [-0.3, -0.25) is 4.90 Å². The van der Waals surface area contributed by atoms with Gasteiger partial charge in [-0.15, -0.1) is 0 Å². The molecule has 0 aliphatic carbocycles. The Balaban J connectivity index is 1.75. The zero-order chi connectivity index (χ0) is 19.2. The summed E-state index contributed by atoms with van der Waals surface area (Å²) < 4.78 is 1.16. The van der Waals surface area contributed by atoms with Crippen LogP contribution in [0.5, 0.6) is 0 Å². The van der Waals surface area contributed by atoms with E-state index in [0.29, 0.717) is 0 Å². The van der Waals surface area contributed by atoms with Gasteiger partial charge in [0.25, 0.3) is 0 Å². The molecule has 1 aromatic carbocycles. The molecule has 0 radical (unpaired) electrons. The summed E-state index contributed by atoms with van der Waals surface area (Å²) in [5.41, 5.74) is 7.98. The number of hydrogen-bond acceptors (Lipinski definition) is 3. The molecule has 2 rings (SSSR count). The van der Waals surface area contributed by atoms with Crippen LogP contribution in [-0.4, -0.2) is 77.4 Å². The molecule has 0 unspecified atom stereocenters. The Kier molecular flexibility index (Phi) is 7.56. The Morgan fingerprint density at radius 3 is 2.31 bits per heavy atom. The number of nitrogens with zero attached hydrogens (tertiary/aromatic N) is 3. The lowest BCUT2D eigenvalue weighted by atomic mass is 10.2. The van der Waals surface area contributed by atoms with Crippen molar-refractivity contribution in [1.29, 1.82) is 0 Å². The van der Waals surface area contributed by atoms with E-state index >= 15 is 0 Å². The Labute approximate surface area is 162 Å². The predicted octanol–water partition coefficient (Wildman–Crippen LogP) is 3.59. The van der Waals surface area contributed by atoms with E-state index in [1.165, 1.54) is 57.3 Å². The van der Waals surface area contributed by atoms with Crippen molar-refractivity contribution in [2.24, 2.45) is 0 Å². The van der Waals surface area contributed by atoms with E-state index in [-0.39, 0.29) is 0 Å². The standard InChI is InChI=1S/C21H41N4Si/c1-25(2,17-7-19-26(3,4)5)18-16-23-12-6-13-24(15-14-23)21-10-8-20(22)9-11-21/h8-11H,6-7,12-19,22H2,1-5H3/q+1. The van der Waals surface area contributed by atoms with Crippen molar-refractivity contribution in [2.75, 3.05) is 70.5 Å². The van der Waals surface area contributed by atoms with E-state index in [2.05, 4.69) is 55.7 Å². The zero-order valence-corrected chi connectivity index (χ0v) is 18.8. The van der Waals surface area contributed by atoms with Crippen molar-refractivity contribution in [3.05, 3.63) is 24.3 Å². The number of nitrogen functional groups attached to an aromatic ring is 1. The van der Waals surface area contributed by atoms with Crippen LogP contribution in [0.2, 0.25) is 25.7 Å². The number of benzene rings is 1. The van der Waals surface area contributed by atoms with Crippen LogP contribution < -0.4 is 10.6 Å². The maximum Gasteiger partial charge on any atom is 0.0911 e. The first-order valence-corrected chi connectivity index (χ1v) is 14.0. The van der Waals surface area contributed by atoms with Crippen LogP contribution in [0, 0.1) is 0 Å². The molecular weight excluding hydrogens is 336 g/mol. The fourth-order valence-electron chi connectivity index (χ4n) is 3.70. The number of anilines is 2. The van der Waals surface area contributed by atoms with Gasteiger partial charge in [-0.1, -0.05) is 25.7 Å². The second-order valence-electron chi connectivity index (χ2n) is 9.82. The quantitative estimate of drug-likeness (QED) is 0.427. The maximum atomic E-state index is 5.82. The molecule has 1 aromatic rings. The lowest BCUT2D eigenvalue weighted by Crippen LogP contribution is -2.47. The van der Waals surface area contributed by atoms with Gasteiger partial charge in [-0.25, -0.2) is 0 Å². The first-order valence-electron chi connectivity index (χ1n) is 10.3. The highest BCUT2D eigenvalue weighted by molar-refractivity contribution is 6.76. The molecule has 1 aliphatic heterocycles. The third-order valence-electron chi connectivity index (χ3n) is 5.56. The fraction of sp³-hybridized carbons (Fsp3) is 0.714. The first-order chi connectivity index (χ1) is 12.1. The molecule has 0 saturated carbocycles. The number of likely N-dealkylation sites (N-methyl/N-ethyl adjacent to an activating group) is 1. The van der Waals surface area contributed by atoms with E-state index in [9.17, 15) is 0 Å². The largest absolute Gasteiger partial charge is 0.399 e. The van der Waals surface area contributed by atoms with Gasteiger partial charge in [0, 0.05) is 52.2 Å². The maximum absolute atomic E-state index is 5.82. The molecule has 0 amide bonds. The van der Waals surface area contributed by atoms with Gasteiger partial charge in [0.1, 0.15) is 0 Å². The predicted molar refractivity (Wildman–Crippen MR) is 119 cm³/mol. The summed E-state index contributed by atoms with van der Waals surface area (Å²) in [6, 6.07) is 9.79. The molecule has 1 heterocycles. The lowest BCUT2D eigenvalue weighted by Gasteiger charge is -2.33. The molecule has 26 heavy (non-hydrogen) atoms. The van der Waals surface area contributed by atoms with Crippen molar-refractivity contribution >= 4 is 19.4 Å². The third-order valence-corrected chi connectivity index (χ3v) is 7.41. The fourth-order valence-corrected chi connectivity index (χ4v) is 4.92. The van der Waals surface area contributed by atoms with E-state index < -0.39 is 8.07 Å². The first kappa shape index (κ1) is 21.3. The SMILES string of the molecule is C[N+](C)(CCC[Si](C)(C)C)CCN1CCCN(c2ccc(N)cc2)CC1. The van der Waals surface area contributed by atoms with Gasteiger partial charge < -0.3 is 15.1 Å². The Hall–Kier alpha value is -1.04. The number of quaternary nitrogens is 1. The van der Waals surface area contributed by atoms with Crippen LogP contribution in [-0.2, 0) is 0 Å². The monoisotopic (exact) mass is 377 g/mol. The molecule has 2 N–H and O–H groups in total. The van der Waals surface area contributed by atoms with Gasteiger partial charge in [-0.05, 0) is 37.1 Å². The number of hydrogen-bond donors (Lipinski definition) is 1. The normalized spacial score (nSPS) is 17.3. The summed E-state index contributed by atoms with van der Waals surface area (Å²) in [6.07, 6.45) is 2.63. The van der Waals surface area contributed by atoms with Gasteiger partial charge in [0.2, 0.25) is 0 Å². The van der Waals surface area contributed by atoms with Crippen LogP contribution in [0.25, 0.3) is 0 Å². The van der Waals surface area contributed by atoms with Crippen molar-refractivity contribution in [3.8, 4) is 0 Å². The van der Waals surface area contributed by atoms with Gasteiger partial charge >= 0.3 is 0 Å². The average Bonchev–Trinajstić information content (AvgIpc) is 2.78. The van der Waals surface area contributed by atoms with Crippen LogP contribution in [0.4, 0.5) is 11.4 Å². The third kappa shape index (κ3) is 7.68. The minimum absolute atomic E-state index is 0.847. The topological polar surface area (TPSA) is 32.5 Å². The highest BCUT2D eigenvalue weighted by Gasteiger charge is 2.21. The summed E-state index contributed by atoms with van der Waals surface area (Å²) in [6.45, 7) is 15.9. The summed E-state index contributed by atoms with van der Waals surface area (Å²) >= 11 is 0. The van der Waals surface area contributed by atoms with E-state index in [0.717, 1.165) is 23.3 Å². The zero-order valence-electron chi connectivity index (χ0n) is 17.8. The molecule has 0 atom stereocenters. The van der Waals surface area contributed by atoms with Crippen LogP contribution in [0.15, 0.2) is 24.3 Å². The molecule has 1 fully saturated rings. The minimum Gasteiger partial charge on any atom is -0.399 e. The van der Waals surface area contributed by atoms with Crippen molar-refractivity contribution in [2.45, 2.75) is 38.5 Å². The van der Waals surface area contributed by atoms with Crippen molar-refractivity contribution < 1.29 is 4.48 Å². The lowest BCUT2D eigenvalue weighted by molar-refractivity contribution is -0.889. The molecular formula is C21H41N4Si+. The molecule has 1 aliphatic rings. The number of nitrogens with two attached hydrogens (primary N) is 1. The second kappa shape index (κ2) is 9.24. The van der Waals surface area contributed by atoms with Crippen molar-refractivity contribution in [3.63, 3.8) is 0 Å². The van der Waals surface area contributed by atoms with Crippen LogP contribution in [0.1, 0.15) is 12.8 Å².